The number of benzene rings is 2. The van der Waals surface area contributed by atoms with E-state index in [-0.39, 0.29) is 16.9 Å². The minimum atomic E-state index is -0.905. The van der Waals surface area contributed by atoms with Gasteiger partial charge in [-0.25, -0.2) is 8.78 Å². The highest BCUT2D eigenvalue weighted by molar-refractivity contribution is 6.07. The van der Waals surface area contributed by atoms with E-state index in [9.17, 15) is 18.4 Å². The Bertz CT molecular complexity index is 1050. The summed E-state index contributed by atoms with van der Waals surface area (Å²) in [6.07, 6.45) is 1.31. The van der Waals surface area contributed by atoms with E-state index in [0.717, 1.165) is 23.3 Å². The Balaban J connectivity index is 1.77. The Morgan fingerprint density at radius 2 is 1.57 bits per heavy atom. The molecule has 0 aliphatic heterocycles. The van der Waals surface area contributed by atoms with Gasteiger partial charge in [-0.1, -0.05) is 6.07 Å². The van der Waals surface area contributed by atoms with Gasteiger partial charge >= 0.3 is 0 Å². The van der Waals surface area contributed by atoms with Gasteiger partial charge in [-0.3, -0.25) is 14.6 Å². The number of aryl methyl sites for hydroxylation is 2. The first-order valence-electron chi connectivity index (χ1n) is 8.44. The maximum atomic E-state index is 13.7. The lowest BCUT2D eigenvalue weighted by molar-refractivity contribution is 0.102. The number of hydrogen-bond acceptors (Lipinski definition) is 3. The van der Waals surface area contributed by atoms with Crippen LogP contribution in [0.4, 0.5) is 20.2 Å². The molecule has 0 saturated carbocycles. The highest BCUT2D eigenvalue weighted by atomic mass is 19.1. The topological polar surface area (TPSA) is 71.1 Å². The predicted octanol–water partition coefficient (Wildman–Crippen LogP) is 4.48. The van der Waals surface area contributed by atoms with E-state index in [1.807, 2.05) is 32.0 Å². The van der Waals surface area contributed by atoms with Gasteiger partial charge in [-0.05, 0) is 61.4 Å². The van der Waals surface area contributed by atoms with Crippen molar-refractivity contribution in [3.05, 3.63) is 88.7 Å². The number of rotatable bonds is 4. The lowest BCUT2D eigenvalue weighted by Crippen LogP contribution is -2.17. The molecule has 0 atom stereocenters. The van der Waals surface area contributed by atoms with Crippen LogP contribution in [0.15, 0.2) is 54.7 Å². The quantitative estimate of drug-likeness (QED) is 0.700. The van der Waals surface area contributed by atoms with Crippen molar-refractivity contribution < 1.29 is 18.4 Å². The summed E-state index contributed by atoms with van der Waals surface area (Å²) < 4.78 is 26.7. The number of amides is 2. The summed E-state index contributed by atoms with van der Waals surface area (Å²) in [7, 11) is 0. The summed E-state index contributed by atoms with van der Waals surface area (Å²) >= 11 is 0. The average Bonchev–Trinajstić information content (AvgIpc) is 2.63. The fraction of sp³-hybridized carbons (Fsp3) is 0.0952. The van der Waals surface area contributed by atoms with E-state index in [1.165, 1.54) is 18.3 Å². The van der Waals surface area contributed by atoms with Crippen LogP contribution in [0.25, 0.3) is 0 Å². The van der Waals surface area contributed by atoms with Crippen molar-refractivity contribution in [3.63, 3.8) is 0 Å². The maximum Gasteiger partial charge on any atom is 0.274 e. The van der Waals surface area contributed by atoms with Crippen molar-refractivity contribution in [1.29, 1.82) is 0 Å². The first-order chi connectivity index (χ1) is 13.3. The molecule has 2 N–H and O–H groups in total. The standard InChI is InChI=1S/C21H17F2N3O2/c1-12-7-13(2)9-16(8-12)25-20(27)14-5-6-24-19(10-14)21(28)26-18-4-3-15(22)11-17(18)23/h3-11H,1-2H3,(H,25,27)(H,26,28). The summed E-state index contributed by atoms with van der Waals surface area (Å²) in [5, 5.41) is 5.08. The third-order valence-corrected chi connectivity index (χ3v) is 3.91. The predicted molar refractivity (Wildman–Crippen MR) is 102 cm³/mol. The Morgan fingerprint density at radius 1 is 0.857 bits per heavy atom. The highest BCUT2D eigenvalue weighted by Crippen LogP contribution is 2.17. The van der Waals surface area contributed by atoms with E-state index in [1.54, 1.807) is 0 Å². The lowest BCUT2D eigenvalue weighted by Gasteiger charge is -2.09. The molecule has 0 aliphatic rings. The van der Waals surface area contributed by atoms with Gasteiger partial charge in [0.1, 0.15) is 17.3 Å². The maximum absolute atomic E-state index is 13.7. The summed E-state index contributed by atoms with van der Waals surface area (Å²) in [5.74, 6) is -2.78. The van der Waals surface area contributed by atoms with Gasteiger partial charge in [0.05, 0.1) is 5.69 Å². The number of pyridine rings is 1. The molecule has 0 bridgehead atoms. The fourth-order valence-corrected chi connectivity index (χ4v) is 2.72. The number of halogens is 2. The first-order valence-corrected chi connectivity index (χ1v) is 8.44. The van der Waals surface area contributed by atoms with Crippen molar-refractivity contribution in [1.82, 2.24) is 4.98 Å². The number of nitrogens with zero attached hydrogens (tertiary/aromatic N) is 1. The molecule has 3 aromatic rings. The summed E-state index contributed by atoms with van der Waals surface area (Å²) in [5.41, 5.74) is 2.62. The third-order valence-electron chi connectivity index (χ3n) is 3.91. The molecule has 2 aromatic carbocycles. The smallest absolute Gasteiger partial charge is 0.274 e. The Morgan fingerprint density at radius 3 is 2.25 bits per heavy atom. The second-order valence-electron chi connectivity index (χ2n) is 6.34. The van der Waals surface area contributed by atoms with Gasteiger partial charge in [-0.15, -0.1) is 0 Å². The van der Waals surface area contributed by atoms with Gasteiger partial charge in [0.15, 0.2) is 0 Å². The van der Waals surface area contributed by atoms with Crippen LogP contribution >= 0.6 is 0 Å². The molecular formula is C21H17F2N3O2. The second-order valence-corrected chi connectivity index (χ2v) is 6.34. The minimum Gasteiger partial charge on any atom is -0.322 e. The molecule has 5 nitrogen and oxygen atoms in total. The van der Waals surface area contributed by atoms with E-state index in [0.29, 0.717) is 11.8 Å². The minimum absolute atomic E-state index is 0.0724. The molecule has 0 fully saturated rings. The van der Waals surface area contributed by atoms with E-state index in [4.69, 9.17) is 0 Å². The third kappa shape index (κ3) is 4.56. The normalized spacial score (nSPS) is 10.4. The zero-order chi connectivity index (χ0) is 20.3. The van der Waals surface area contributed by atoms with Gasteiger partial charge < -0.3 is 10.6 Å². The molecule has 0 saturated heterocycles. The van der Waals surface area contributed by atoms with Crippen LogP contribution in [-0.2, 0) is 0 Å². The highest BCUT2D eigenvalue weighted by Gasteiger charge is 2.14. The van der Waals surface area contributed by atoms with Crippen molar-refractivity contribution in [2.75, 3.05) is 10.6 Å². The van der Waals surface area contributed by atoms with Crippen LogP contribution in [0.5, 0.6) is 0 Å². The van der Waals surface area contributed by atoms with Crippen molar-refractivity contribution >= 4 is 23.2 Å². The number of carbonyl (C=O) groups excluding carboxylic acids is 2. The first kappa shape index (κ1) is 19.2. The molecule has 142 valence electrons. The van der Waals surface area contributed by atoms with Crippen LogP contribution < -0.4 is 10.6 Å². The number of hydrogen-bond donors (Lipinski definition) is 2. The number of aromatic nitrogens is 1. The summed E-state index contributed by atoms with van der Waals surface area (Å²) in [6.45, 7) is 3.85. The average molecular weight is 381 g/mol. The van der Waals surface area contributed by atoms with Crippen LogP contribution in [0.2, 0.25) is 0 Å². The largest absolute Gasteiger partial charge is 0.322 e. The number of anilines is 2. The van der Waals surface area contributed by atoms with Crippen LogP contribution in [0.1, 0.15) is 32.0 Å². The van der Waals surface area contributed by atoms with Gasteiger partial charge in [-0.2, -0.15) is 0 Å². The molecule has 0 radical (unpaired) electrons. The van der Waals surface area contributed by atoms with Crippen molar-refractivity contribution in [2.45, 2.75) is 13.8 Å². The number of carbonyl (C=O) groups is 2. The molecule has 28 heavy (non-hydrogen) atoms. The monoisotopic (exact) mass is 381 g/mol. The molecule has 1 aromatic heterocycles. The molecule has 0 aliphatic carbocycles. The van der Waals surface area contributed by atoms with Gasteiger partial charge in [0.25, 0.3) is 11.8 Å². The fourth-order valence-electron chi connectivity index (χ4n) is 2.72. The zero-order valence-corrected chi connectivity index (χ0v) is 15.2. The molecular weight excluding hydrogens is 364 g/mol. The molecule has 7 heteroatoms. The van der Waals surface area contributed by atoms with Crippen molar-refractivity contribution in [3.8, 4) is 0 Å². The Kier molecular flexibility index (Phi) is 5.44. The van der Waals surface area contributed by atoms with E-state index >= 15 is 0 Å². The summed E-state index contributed by atoms with van der Waals surface area (Å²) in [4.78, 5) is 28.7. The Labute approximate surface area is 160 Å². The van der Waals surface area contributed by atoms with Crippen LogP contribution in [-0.4, -0.2) is 16.8 Å². The molecule has 0 spiro atoms. The van der Waals surface area contributed by atoms with Crippen LogP contribution in [0, 0.1) is 25.5 Å². The zero-order valence-electron chi connectivity index (χ0n) is 15.2. The SMILES string of the molecule is Cc1cc(C)cc(NC(=O)c2ccnc(C(=O)Nc3ccc(F)cc3F)c2)c1. The molecule has 0 unspecified atom stereocenters. The van der Waals surface area contributed by atoms with E-state index in [2.05, 4.69) is 15.6 Å². The molecule has 3 rings (SSSR count). The van der Waals surface area contributed by atoms with Gasteiger partial charge in [0, 0.05) is 23.5 Å². The second kappa shape index (κ2) is 7.96. The molecule has 1 heterocycles. The Hall–Kier alpha value is -3.61. The van der Waals surface area contributed by atoms with Crippen LogP contribution in [0.3, 0.4) is 0 Å². The molecule has 2 amide bonds. The lowest BCUT2D eigenvalue weighted by atomic mass is 10.1. The van der Waals surface area contributed by atoms with E-state index < -0.39 is 23.4 Å². The summed E-state index contributed by atoms with van der Waals surface area (Å²) in [6, 6.07) is 11.2. The van der Waals surface area contributed by atoms with Gasteiger partial charge in [0.2, 0.25) is 0 Å². The van der Waals surface area contributed by atoms with Crippen molar-refractivity contribution in [2.24, 2.45) is 0 Å². The number of nitrogens with one attached hydrogen (secondary N) is 2.